The molecule has 1 aliphatic heterocycles. The van der Waals surface area contributed by atoms with Gasteiger partial charge in [-0.1, -0.05) is 12.1 Å². The number of nitrogens with one attached hydrogen (secondary N) is 3. The van der Waals surface area contributed by atoms with Crippen molar-refractivity contribution in [3.05, 3.63) is 71.5 Å². The summed E-state index contributed by atoms with van der Waals surface area (Å²) in [6, 6.07) is 15.0. The number of rotatable bonds is 4. The number of carbonyl (C=O) groups is 3. The van der Waals surface area contributed by atoms with E-state index < -0.39 is 17.9 Å². The summed E-state index contributed by atoms with van der Waals surface area (Å²) in [6.07, 6.45) is -0.176. The van der Waals surface area contributed by atoms with Crippen LogP contribution >= 0.6 is 0 Å². The molecule has 0 fully saturated rings. The molecule has 1 aliphatic rings. The maximum atomic E-state index is 12.5. The number of amides is 3. The molecule has 2 aromatic carbocycles. The van der Waals surface area contributed by atoms with Crippen LogP contribution in [-0.2, 0) is 9.59 Å². The third-order valence-corrected chi connectivity index (χ3v) is 4.85. The van der Waals surface area contributed by atoms with Crippen molar-refractivity contribution in [2.24, 2.45) is 0 Å². The molecule has 30 heavy (non-hydrogen) atoms. The van der Waals surface area contributed by atoms with Gasteiger partial charge in [0.05, 0.1) is 29.1 Å². The molecule has 8 heteroatoms. The summed E-state index contributed by atoms with van der Waals surface area (Å²) in [7, 11) is 0. The molecule has 8 nitrogen and oxygen atoms in total. The summed E-state index contributed by atoms with van der Waals surface area (Å²) in [5, 5.41) is 12.5. The van der Waals surface area contributed by atoms with Crippen molar-refractivity contribution in [1.29, 1.82) is 0 Å². The van der Waals surface area contributed by atoms with Crippen LogP contribution in [0.5, 0.6) is 0 Å². The molecule has 3 amide bonds. The van der Waals surface area contributed by atoms with E-state index in [9.17, 15) is 14.4 Å². The quantitative estimate of drug-likeness (QED) is 0.623. The highest BCUT2D eigenvalue weighted by atomic mass is 16.2. The zero-order valence-corrected chi connectivity index (χ0v) is 16.6. The smallest absolute Gasteiger partial charge is 0.254 e. The molecular formula is C22H21N5O3. The minimum Gasteiger partial charge on any atom is -0.340 e. The number of aryl methyl sites for hydroxylation is 2. The number of anilines is 2. The lowest BCUT2D eigenvalue weighted by atomic mass is 10.1. The second-order valence-corrected chi connectivity index (χ2v) is 7.20. The van der Waals surface area contributed by atoms with E-state index in [4.69, 9.17) is 0 Å². The molecule has 1 atom stereocenters. The maximum Gasteiger partial charge on any atom is 0.254 e. The first-order valence-electron chi connectivity index (χ1n) is 9.55. The molecule has 152 valence electrons. The lowest BCUT2D eigenvalue weighted by Crippen LogP contribution is -2.43. The molecule has 0 spiro atoms. The Bertz CT molecular complexity index is 1130. The maximum absolute atomic E-state index is 12.5. The number of hydrogen-bond donors (Lipinski definition) is 3. The third-order valence-electron chi connectivity index (χ3n) is 4.85. The molecule has 2 heterocycles. The Kier molecular flexibility index (Phi) is 5.05. The van der Waals surface area contributed by atoms with E-state index >= 15 is 0 Å². The summed E-state index contributed by atoms with van der Waals surface area (Å²) in [5.74, 6) is -1.19. The second-order valence-electron chi connectivity index (χ2n) is 7.20. The molecule has 0 aliphatic carbocycles. The Hall–Kier alpha value is -3.94. The van der Waals surface area contributed by atoms with Crippen LogP contribution in [0.2, 0.25) is 0 Å². The van der Waals surface area contributed by atoms with Gasteiger partial charge in [-0.2, -0.15) is 5.10 Å². The molecule has 1 aromatic heterocycles. The monoisotopic (exact) mass is 403 g/mol. The van der Waals surface area contributed by atoms with Gasteiger partial charge < -0.3 is 16.0 Å². The zero-order chi connectivity index (χ0) is 21.3. The molecule has 4 rings (SSSR count). The van der Waals surface area contributed by atoms with Crippen LogP contribution in [0.25, 0.3) is 5.69 Å². The second kappa shape index (κ2) is 7.82. The van der Waals surface area contributed by atoms with Gasteiger partial charge in [0, 0.05) is 11.4 Å². The normalized spacial score (nSPS) is 15.6. The summed E-state index contributed by atoms with van der Waals surface area (Å²) in [6.45, 7) is 3.90. The molecule has 0 radical (unpaired) electrons. The first-order valence-corrected chi connectivity index (χ1v) is 9.55. The van der Waals surface area contributed by atoms with Crippen molar-refractivity contribution in [3.63, 3.8) is 0 Å². The largest absolute Gasteiger partial charge is 0.340 e. The lowest BCUT2D eigenvalue weighted by molar-refractivity contribution is -0.122. The van der Waals surface area contributed by atoms with E-state index in [0.29, 0.717) is 16.9 Å². The van der Waals surface area contributed by atoms with Crippen LogP contribution in [0.1, 0.15) is 28.2 Å². The van der Waals surface area contributed by atoms with Gasteiger partial charge in [0.1, 0.15) is 6.04 Å². The summed E-state index contributed by atoms with van der Waals surface area (Å²) < 4.78 is 1.82. The van der Waals surface area contributed by atoms with Gasteiger partial charge in [-0.25, -0.2) is 4.68 Å². The lowest BCUT2D eigenvalue weighted by Gasteiger charge is -2.14. The van der Waals surface area contributed by atoms with Crippen molar-refractivity contribution in [3.8, 4) is 5.69 Å². The van der Waals surface area contributed by atoms with Crippen LogP contribution < -0.4 is 16.0 Å². The fraction of sp³-hybridized carbons (Fsp3) is 0.182. The molecule has 0 saturated heterocycles. The van der Waals surface area contributed by atoms with Crippen LogP contribution in [0.4, 0.5) is 11.4 Å². The Morgan fingerprint density at radius 1 is 1.10 bits per heavy atom. The first kappa shape index (κ1) is 19.4. The number of hydrogen-bond acceptors (Lipinski definition) is 4. The predicted molar refractivity (Wildman–Crippen MR) is 113 cm³/mol. The van der Waals surface area contributed by atoms with Crippen LogP contribution in [0.3, 0.4) is 0 Å². The highest BCUT2D eigenvalue weighted by Gasteiger charge is 2.29. The van der Waals surface area contributed by atoms with E-state index in [1.807, 2.05) is 36.7 Å². The van der Waals surface area contributed by atoms with Gasteiger partial charge in [0.25, 0.3) is 5.91 Å². The van der Waals surface area contributed by atoms with Crippen molar-refractivity contribution >= 4 is 29.1 Å². The fourth-order valence-electron chi connectivity index (χ4n) is 3.43. The highest BCUT2D eigenvalue weighted by Crippen LogP contribution is 2.20. The Morgan fingerprint density at radius 3 is 2.53 bits per heavy atom. The van der Waals surface area contributed by atoms with Crippen LogP contribution in [-0.4, -0.2) is 33.5 Å². The average Bonchev–Trinajstić information content (AvgIpc) is 3.00. The zero-order valence-electron chi connectivity index (χ0n) is 16.6. The number of fused-ring (bicyclic) bond motifs is 1. The summed E-state index contributed by atoms with van der Waals surface area (Å²) in [5.41, 5.74) is 4.22. The third kappa shape index (κ3) is 3.93. The molecule has 0 saturated carbocycles. The van der Waals surface area contributed by atoms with E-state index in [0.717, 1.165) is 17.1 Å². The SMILES string of the molecule is Cc1cc(C)n(-c2ccc(NC(=O)CC3NC(=O)c4ccccc4NC3=O)cc2)n1. The summed E-state index contributed by atoms with van der Waals surface area (Å²) >= 11 is 0. The number of benzene rings is 2. The highest BCUT2D eigenvalue weighted by molar-refractivity contribution is 6.11. The van der Waals surface area contributed by atoms with Gasteiger partial charge in [0.2, 0.25) is 11.8 Å². The number of para-hydroxylation sites is 1. The van der Waals surface area contributed by atoms with Gasteiger partial charge >= 0.3 is 0 Å². The van der Waals surface area contributed by atoms with Gasteiger partial charge in [-0.05, 0) is 56.3 Å². The van der Waals surface area contributed by atoms with Crippen molar-refractivity contribution in [2.45, 2.75) is 26.3 Å². The Balaban J connectivity index is 1.42. The molecule has 0 bridgehead atoms. The molecule has 1 unspecified atom stereocenters. The number of aromatic nitrogens is 2. The van der Waals surface area contributed by atoms with Gasteiger partial charge in [-0.3, -0.25) is 14.4 Å². The molecule has 3 aromatic rings. The molecule has 3 N–H and O–H groups in total. The Labute approximate surface area is 173 Å². The van der Waals surface area contributed by atoms with E-state index in [1.54, 1.807) is 36.4 Å². The van der Waals surface area contributed by atoms with E-state index in [-0.39, 0.29) is 12.3 Å². The topological polar surface area (TPSA) is 105 Å². The van der Waals surface area contributed by atoms with Crippen molar-refractivity contribution in [1.82, 2.24) is 15.1 Å². The summed E-state index contributed by atoms with van der Waals surface area (Å²) in [4.78, 5) is 37.3. The molecular weight excluding hydrogens is 382 g/mol. The minimum absolute atomic E-state index is 0.176. The van der Waals surface area contributed by atoms with E-state index in [2.05, 4.69) is 21.0 Å². The van der Waals surface area contributed by atoms with Crippen molar-refractivity contribution < 1.29 is 14.4 Å². The van der Waals surface area contributed by atoms with Crippen LogP contribution in [0.15, 0.2) is 54.6 Å². The predicted octanol–water partition coefficient (Wildman–Crippen LogP) is 2.57. The number of nitrogens with zero attached hydrogens (tertiary/aromatic N) is 2. The first-order chi connectivity index (χ1) is 14.4. The standard InChI is InChI=1S/C22H21N5O3/c1-13-11-14(2)27(26-13)16-9-7-15(8-10-16)23-20(28)12-19-22(30)24-18-6-4-3-5-17(18)21(29)25-19/h3-11,19H,12H2,1-2H3,(H,23,28)(H,24,30)(H,25,29). The van der Waals surface area contributed by atoms with E-state index in [1.165, 1.54) is 0 Å². The fourth-order valence-corrected chi connectivity index (χ4v) is 3.43. The minimum atomic E-state index is -0.959. The average molecular weight is 403 g/mol. The Morgan fingerprint density at radius 2 is 1.83 bits per heavy atom. The van der Waals surface area contributed by atoms with Crippen LogP contribution in [0, 0.1) is 13.8 Å². The number of carbonyl (C=O) groups excluding carboxylic acids is 3. The van der Waals surface area contributed by atoms with Gasteiger partial charge in [-0.15, -0.1) is 0 Å². The van der Waals surface area contributed by atoms with Gasteiger partial charge in [0.15, 0.2) is 0 Å². The van der Waals surface area contributed by atoms with Crippen molar-refractivity contribution in [2.75, 3.05) is 10.6 Å².